The third-order valence-electron chi connectivity index (χ3n) is 3.04. The maximum atomic E-state index is 9.81. The van der Waals surface area contributed by atoms with Crippen molar-refractivity contribution in [3.63, 3.8) is 0 Å². The summed E-state index contributed by atoms with van der Waals surface area (Å²) in [6.07, 6.45) is 5.64. The van der Waals surface area contributed by atoms with E-state index in [1.54, 1.807) is 0 Å². The van der Waals surface area contributed by atoms with Gasteiger partial charge in [-0.05, 0) is 51.4 Å². The molecule has 0 aromatic rings. The zero-order valence-electron chi connectivity index (χ0n) is 9.50. The van der Waals surface area contributed by atoms with Crippen LogP contribution in [0.15, 0.2) is 0 Å². The van der Waals surface area contributed by atoms with E-state index in [1.165, 1.54) is 38.8 Å². The summed E-state index contributed by atoms with van der Waals surface area (Å²) in [5.74, 6) is 1.88. The molecule has 0 atom stereocenters. The first-order chi connectivity index (χ1) is 6.53. The Bertz CT molecular complexity index is 175. The lowest BCUT2D eigenvalue weighted by atomic mass is 10.1. The summed E-state index contributed by atoms with van der Waals surface area (Å²) in [5.41, 5.74) is -0.524. The van der Waals surface area contributed by atoms with Crippen molar-refractivity contribution in [2.45, 2.75) is 45.1 Å². The zero-order chi connectivity index (χ0) is 10.2. The average Bonchev–Trinajstić information content (AvgIpc) is 2.77. The maximum absolute atomic E-state index is 9.81. The van der Waals surface area contributed by atoms with Gasteiger partial charge in [-0.15, -0.1) is 0 Å². The van der Waals surface area contributed by atoms with Crippen LogP contribution in [0.1, 0.15) is 39.5 Å². The third kappa shape index (κ3) is 3.97. The van der Waals surface area contributed by atoms with Crippen LogP contribution in [-0.4, -0.2) is 35.2 Å². The first kappa shape index (κ1) is 10.4. The molecule has 0 aromatic carbocycles. The van der Waals surface area contributed by atoms with Crippen molar-refractivity contribution in [1.29, 1.82) is 0 Å². The summed E-state index contributed by atoms with van der Waals surface area (Å²) < 4.78 is 0. The minimum atomic E-state index is -0.524. The summed E-state index contributed by atoms with van der Waals surface area (Å²) in [6, 6.07) is 0. The molecule has 2 nitrogen and oxygen atoms in total. The van der Waals surface area contributed by atoms with Crippen molar-refractivity contribution in [1.82, 2.24) is 4.90 Å². The molecule has 2 aliphatic rings. The lowest BCUT2D eigenvalue weighted by molar-refractivity contribution is 0.0331. The normalized spacial score (nSPS) is 23.1. The second-order valence-electron chi connectivity index (χ2n) is 5.89. The Morgan fingerprint density at radius 3 is 1.79 bits per heavy atom. The second kappa shape index (κ2) is 3.82. The fraction of sp³-hybridized carbons (Fsp3) is 1.00. The predicted octanol–water partition coefficient (Wildman–Crippen LogP) is 1.88. The quantitative estimate of drug-likeness (QED) is 0.703. The van der Waals surface area contributed by atoms with Crippen LogP contribution >= 0.6 is 0 Å². The molecule has 0 heterocycles. The van der Waals surface area contributed by atoms with Gasteiger partial charge in [0.05, 0.1) is 5.60 Å². The number of nitrogens with zero attached hydrogens (tertiary/aromatic N) is 1. The molecule has 0 unspecified atom stereocenters. The Morgan fingerprint density at radius 2 is 1.50 bits per heavy atom. The van der Waals surface area contributed by atoms with Crippen molar-refractivity contribution in [2.75, 3.05) is 19.6 Å². The molecule has 0 aromatic heterocycles. The molecule has 2 fully saturated rings. The van der Waals surface area contributed by atoms with E-state index in [2.05, 4.69) is 4.90 Å². The molecule has 0 bridgehead atoms. The fourth-order valence-electron chi connectivity index (χ4n) is 2.08. The van der Waals surface area contributed by atoms with E-state index in [1.807, 2.05) is 13.8 Å². The van der Waals surface area contributed by atoms with Gasteiger partial charge in [-0.25, -0.2) is 0 Å². The maximum Gasteiger partial charge on any atom is 0.0718 e. The predicted molar refractivity (Wildman–Crippen MR) is 58.2 cm³/mol. The van der Waals surface area contributed by atoms with Gasteiger partial charge in [-0.3, -0.25) is 4.90 Å². The van der Waals surface area contributed by atoms with Gasteiger partial charge < -0.3 is 5.11 Å². The molecule has 2 saturated carbocycles. The molecular weight excluding hydrogens is 174 g/mol. The summed E-state index contributed by atoms with van der Waals surface area (Å²) in [6.45, 7) is 7.13. The average molecular weight is 197 g/mol. The highest BCUT2D eigenvalue weighted by Crippen LogP contribution is 2.34. The minimum absolute atomic E-state index is 0.524. The van der Waals surface area contributed by atoms with Gasteiger partial charge in [0.1, 0.15) is 0 Å². The highest BCUT2D eigenvalue weighted by Gasteiger charge is 2.31. The van der Waals surface area contributed by atoms with Crippen LogP contribution in [0.2, 0.25) is 0 Å². The highest BCUT2D eigenvalue weighted by atomic mass is 16.3. The Morgan fingerprint density at radius 1 is 1.07 bits per heavy atom. The van der Waals surface area contributed by atoms with Crippen molar-refractivity contribution in [3.8, 4) is 0 Å². The van der Waals surface area contributed by atoms with Gasteiger partial charge in [-0.2, -0.15) is 0 Å². The molecule has 1 N–H and O–H groups in total. The molecule has 82 valence electrons. The van der Waals surface area contributed by atoms with Crippen molar-refractivity contribution in [2.24, 2.45) is 11.8 Å². The molecule has 0 aliphatic heterocycles. The van der Waals surface area contributed by atoms with Crippen LogP contribution in [0.4, 0.5) is 0 Å². The second-order valence-corrected chi connectivity index (χ2v) is 5.89. The van der Waals surface area contributed by atoms with E-state index in [9.17, 15) is 5.11 Å². The van der Waals surface area contributed by atoms with E-state index in [4.69, 9.17) is 0 Å². The van der Waals surface area contributed by atoms with Crippen LogP contribution in [0.5, 0.6) is 0 Å². The molecule has 2 rings (SSSR count). The molecule has 0 radical (unpaired) electrons. The molecule has 2 heteroatoms. The standard InChI is InChI=1S/C12H23NO/c1-12(2,14)9-13(7-10-3-4-10)8-11-5-6-11/h10-11,14H,3-9H2,1-2H3. The lowest BCUT2D eigenvalue weighted by Crippen LogP contribution is -2.40. The fourth-order valence-corrected chi connectivity index (χ4v) is 2.08. The van der Waals surface area contributed by atoms with Gasteiger partial charge in [0.2, 0.25) is 0 Å². The molecule has 0 spiro atoms. The van der Waals surface area contributed by atoms with E-state index >= 15 is 0 Å². The zero-order valence-corrected chi connectivity index (χ0v) is 9.50. The first-order valence-corrected chi connectivity index (χ1v) is 5.98. The Kier molecular flexibility index (Phi) is 2.85. The topological polar surface area (TPSA) is 23.5 Å². The smallest absolute Gasteiger partial charge is 0.0718 e. The van der Waals surface area contributed by atoms with Gasteiger partial charge in [-0.1, -0.05) is 0 Å². The Balaban J connectivity index is 1.76. The summed E-state index contributed by atoms with van der Waals surface area (Å²) in [4.78, 5) is 2.48. The molecule has 0 amide bonds. The van der Waals surface area contributed by atoms with Gasteiger partial charge in [0.15, 0.2) is 0 Å². The molecule has 0 saturated heterocycles. The van der Waals surface area contributed by atoms with Gasteiger partial charge in [0, 0.05) is 19.6 Å². The lowest BCUT2D eigenvalue weighted by Gasteiger charge is -2.29. The third-order valence-corrected chi connectivity index (χ3v) is 3.04. The summed E-state index contributed by atoms with van der Waals surface area (Å²) in [7, 11) is 0. The molecule has 14 heavy (non-hydrogen) atoms. The Hall–Kier alpha value is -0.0800. The van der Waals surface area contributed by atoms with Crippen molar-refractivity contribution < 1.29 is 5.11 Å². The number of rotatable bonds is 6. The van der Waals surface area contributed by atoms with Crippen molar-refractivity contribution in [3.05, 3.63) is 0 Å². The minimum Gasteiger partial charge on any atom is -0.389 e. The van der Waals surface area contributed by atoms with E-state index in [-0.39, 0.29) is 0 Å². The van der Waals surface area contributed by atoms with Crippen LogP contribution in [-0.2, 0) is 0 Å². The molecular formula is C12H23NO. The number of aliphatic hydroxyl groups is 1. The van der Waals surface area contributed by atoms with Crippen LogP contribution in [0.25, 0.3) is 0 Å². The van der Waals surface area contributed by atoms with Gasteiger partial charge in [0.25, 0.3) is 0 Å². The van der Waals surface area contributed by atoms with Gasteiger partial charge >= 0.3 is 0 Å². The summed E-state index contributed by atoms with van der Waals surface area (Å²) >= 11 is 0. The van der Waals surface area contributed by atoms with Crippen LogP contribution in [0.3, 0.4) is 0 Å². The highest BCUT2D eigenvalue weighted by molar-refractivity contribution is 4.84. The van der Waals surface area contributed by atoms with E-state index < -0.39 is 5.60 Å². The van der Waals surface area contributed by atoms with Crippen LogP contribution < -0.4 is 0 Å². The Labute approximate surface area is 87.3 Å². The largest absolute Gasteiger partial charge is 0.389 e. The summed E-state index contributed by atoms with van der Waals surface area (Å²) in [5, 5.41) is 9.81. The SMILES string of the molecule is CC(C)(O)CN(CC1CC1)CC1CC1. The van der Waals surface area contributed by atoms with E-state index in [0.717, 1.165) is 18.4 Å². The number of hydrogen-bond acceptors (Lipinski definition) is 2. The number of hydrogen-bond donors (Lipinski definition) is 1. The van der Waals surface area contributed by atoms with Crippen LogP contribution in [0, 0.1) is 11.8 Å². The van der Waals surface area contributed by atoms with E-state index in [0.29, 0.717) is 0 Å². The molecule has 2 aliphatic carbocycles. The monoisotopic (exact) mass is 197 g/mol. The first-order valence-electron chi connectivity index (χ1n) is 5.98. The van der Waals surface area contributed by atoms with Crippen molar-refractivity contribution >= 4 is 0 Å².